The lowest BCUT2D eigenvalue weighted by Crippen LogP contribution is -2.36. The molecule has 23 heavy (non-hydrogen) atoms. The number of rotatable bonds is 3. The molecule has 120 valence electrons. The molecule has 2 atom stereocenters. The van der Waals surface area contributed by atoms with Gasteiger partial charge in [0.05, 0.1) is 21.2 Å². The van der Waals surface area contributed by atoms with Gasteiger partial charge in [0.1, 0.15) is 17.2 Å². The van der Waals surface area contributed by atoms with Crippen LogP contribution in [0.15, 0.2) is 27.6 Å². The Morgan fingerprint density at radius 3 is 2.74 bits per heavy atom. The summed E-state index contributed by atoms with van der Waals surface area (Å²) in [7, 11) is 0. The van der Waals surface area contributed by atoms with Crippen LogP contribution in [0.5, 0.6) is 0 Å². The van der Waals surface area contributed by atoms with Gasteiger partial charge in [0.15, 0.2) is 0 Å². The van der Waals surface area contributed by atoms with Crippen LogP contribution in [0.1, 0.15) is 43.9 Å². The molecule has 0 spiro atoms. The van der Waals surface area contributed by atoms with Gasteiger partial charge in [-0.05, 0) is 35.2 Å². The smallest absolute Gasteiger partial charge is 0.148 e. The molecule has 1 aliphatic rings. The Kier molecular flexibility index (Phi) is 4.60. The number of aromatic nitrogens is 1. The summed E-state index contributed by atoms with van der Waals surface area (Å²) in [6.45, 7) is 6.39. The highest BCUT2D eigenvalue weighted by Gasteiger charge is 2.24. The normalized spacial score (nSPS) is 19.9. The highest BCUT2D eigenvalue weighted by molar-refractivity contribution is 7.82. The van der Waals surface area contributed by atoms with E-state index in [0.717, 1.165) is 5.69 Å². The molecule has 4 nitrogen and oxygen atoms in total. The summed E-state index contributed by atoms with van der Waals surface area (Å²) in [5.41, 5.74) is 8.15. The van der Waals surface area contributed by atoms with E-state index in [4.69, 9.17) is 29.6 Å². The van der Waals surface area contributed by atoms with Crippen LogP contribution in [-0.2, 0) is 0 Å². The minimum atomic E-state index is -0.608. The van der Waals surface area contributed by atoms with Crippen LogP contribution in [0, 0.1) is 0 Å². The highest BCUT2D eigenvalue weighted by Crippen LogP contribution is 2.32. The largest absolute Gasteiger partial charge is 0.305 e. The summed E-state index contributed by atoms with van der Waals surface area (Å²) in [5, 5.41) is 3.70. The van der Waals surface area contributed by atoms with Crippen molar-refractivity contribution in [3.8, 4) is 0 Å². The first-order valence-electron chi connectivity index (χ1n) is 7.37. The van der Waals surface area contributed by atoms with Gasteiger partial charge in [-0.3, -0.25) is 4.98 Å². The van der Waals surface area contributed by atoms with Crippen molar-refractivity contribution in [1.82, 2.24) is 4.98 Å². The zero-order chi connectivity index (χ0) is 16.7. The first-order valence-corrected chi connectivity index (χ1v) is 9.03. The van der Waals surface area contributed by atoms with E-state index in [2.05, 4.69) is 40.3 Å². The van der Waals surface area contributed by atoms with Crippen molar-refractivity contribution in [3.05, 3.63) is 28.9 Å². The van der Waals surface area contributed by atoms with Gasteiger partial charge in [-0.2, -0.15) is 0 Å². The predicted octanol–water partition coefficient (Wildman–Crippen LogP) is 4.23. The molecule has 0 radical (unpaired) electrons. The standard InChI is InChI=1S/C16H17ClN4S2/c1-7(2)10-6-23-12-5-19-11(4-9(10)12)8(3)16-20-14(17)13(22)15(18)21-16/h4-8,15H,18H2,1-3H3. The third-order valence-corrected chi connectivity index (χ3v) is 5.71. The first kappa shape index (κ1) is 16.6. The van der Waals surface area contributed by atoms with Crippen molar-refractivity contribution in [2.75, 3.05) is 0 Å². The minimum Gasteiger partial charge on any atom is -0.305 e. The van der Waals surface area contributed by atoms with Gasteiger partial charge >= 0.3 is 0 Å². The minimum absolute atomic E-state index is 0.0952. The Balaban J connectivity index is 2.01. The molecule has 0 aliphatic carbocycles. The molecule has 0 saturated carbocycles. The Morgan fingerprint density at radius 1 is 1.35 bits per heavy atom. The number of thiocarbonyl (C=S) groups is 1. The number of fused-ring (bicyclic) bond motifs is 1. The molecule has 1 aliphatic heterocycles. The van der Waals surface area contributed by atoms with E-state index in [1.165, 1.54) is 15.6 Å². The maximum atomic E-state index is 6.06. The molecule has 0 fully saturated rings. The van der Waals surface area contributed by atoms with Gasteiger partial charge < -0.3 is 5.73 Å². The molecule has 2 aromatic heterocycles. The van der Waals surface area contributed by atoms with Crippen LogP contribution in [0.4, 0.5) is 0 Å². The Labute approximate surface area is 149 Å². The quantitative estimate of drug-likeness (QED) is 0.829. The van der Waals surface area contributed by atoms with Crippen molar-refractivity contribution >= 4 is 61.1 Å². The number of thiophene rings is 1. The summed E-state index contributed by atoms with van der Waals surface area (Å²) in [6.07, 6.45) is 1.31. The fourth-order valence-electron chi connectivity index (χ4n) is 2.50. The van der Waals surface area contributed by atoms with Gasteiger partial charge in [0, 0.05) is 6.20 Å². The predicted molar refractivity (Wildman–Crippen MR) is 103 cm³/mol. The molecular formula is C16H17ClN4S2. The van der Waals surface area contributed by atoms with Crippen LogP contribution >= 0.6 is 35.2 Å². The fourth-order valence-corrected chi connectivity index (χ4v) is 3.87. The average molecular weight is 365 g/mol. The number of nitrogens with two attached hydrogens (primary N) is 1. The van der Waals surface area contributed by atoms with Crippen LogP contribution < -0.4 is 5.73 Å². The zero-order valence-electron chi connectivity index (χ0n) is 13.1. The van der Waals surface area contributed by atoms with E-state index in [1.54, 1.807) is 11.3 Å². The Hall–Kier alpha value is -1.21. The average Bonchev–Trinajstić information content (AvgIpc) is 2.94. The number of hydrogen-bond acceptors (Lipinski definition) is 6. The highest BCUT2D eigenvalue weighted by atomic mass is 35.5. The molecular weight excluding hydrogens is 348 g/mol. The van der Waals surface area contributed by atoms with Crippen molar-refractivity contribution in [2.24, 2.45) is 15.7 Å². The fraction of sp³-hybridized carbons (Fsp3) is 0.375. The van der Waals surface area contributed by atoms with E-state index in [-0.39, 0.29) is 11.1 Å². The number of hydrogen-bond donors (Lipinski definition) is 1. The second-order valence-electron chi connectivity index (χ2n) is 5.87. The number of pyridine rings is 1. The van der Waals surface area contributed by atoms with Crippen LogP contribution in [0.25, 0.3) is 10.1 Å². The van der Waals surface area contributed by atoms with Crippen LogP contribution in [0.3, 0.4) is 0 Å². The summed E-state index contributed by atoms with van der Waals surface area (Å²) in [5.74, 6) is 0.950. The monoisotopic (exact) mass is 364 g/mol. The number of halogens is 1. The van der Waals surface area contributed by atoms with E-state index >= 15 is 0 Å². The maximum absolute atomic E-state index is 6.06. The molecule has 2 unspecified atom stereocenters. The number of aliphatic imine (C=N–C) groups is 2. The summed E-state index contributed by atoms with van der Waals surface area (Å²) in [6, 6.07) is 2.12. The Bertz CT molecular complexity index is 838. The second kappa shape index (κ2) is 6.36. The van der Waals surface area contributed by atoms with Gasteiger partial charge in [-0.25, -0.2) is 9.98 Å². The molecule has 3 rings (SSSR count). The first-order chi connectivity index (χ1) is 10.9. The van der Waals surface area contributed by atoms with E-state index in [0.29, 0.717) is 16.6 Å². The molecule has 2 aromatic rings. The van der Waals surface area contributed by atoms with E-state index < -0.39 is 6.17 Å². The van der Waals surface area contributed by atoms with Gasteiger partial charge in [0.2, 0.25) is 0 Å². The molecule has 2 N–H and O–H groups in total. The van der Waals surface area contributed by atoms with Crippen molar-refractivity contribution in [3.63, 3.8) is 0 Å². The molecule has 0 amide bonds. The van der Waals surface area contributed by atoms with Crippen molar-refractivity contribution in [2.45, 2.75) is 38.8 Å². The lowest BCUT2D eigenvalue weighted by molar-refractivity contribution is 0.872. The SMILES string of the molecule is CC(C)c1csc2cnc(C(C)C3=NC(N)C(=S)C(Cl)=N3)cc12. The third kappa shape index (κ3) is 3.08. The Morgan fingerprint density at radius 2 is 2.09 bits per heavy atom. The van der Waals surface area contributed by atoms with Crippen molar-refractivity contribution in [1.29, 1.82) is 0 Å². The van der Waals surface area contributed by atoms with Crippen LogP contribution in [0.2, 0.25) is 0 Å². The van der Waals surface area contributed by atoms with Gasteiger partial charge in [-0.1, -0.05) is 37.7 Å². The van der Waals surface area contributed by atoms with Crippen molar-refractivity contribution < 1.29 is 0 Å². The summed E-state index contributed by atoms with van der Waals surface area (Å²) >= 11 is 12.9. The number of amidine groups is 1. The summed E-state index contributed by atoms with van der Waals surface area (Å²) in [4.78, 5) is 13.6. The van der Waals surface area contributed by atoms with Gasteiger partial charge in [0.25, 0.3) is 0 Å². The molecule has 0 bridgehead atoms. The molecule has 0 saturated heterocycles. The topological polar surface area (TPSA) is 63.6 Å². The third-order valence-electron chi connectivity index (χ3n) is 3.92. The lowest BCUT2D eigenvalue weighted by atomic mass is 9.99. The molecule has 7 heteroatoms. The van der Waals surface area contributed by atoms with Crippen LogP contribution in [-0.4, -0.2) is 27.0 Å². The molecule has 3 heterocycles. The van der Waals surface area contributed by atoms with E-state index in [9.17, 15) is 0 Å². The zero-order valence-corrected chi connectivity index (χ0v) is 15.5. The maximum Gasteiger partial charge on any atom is 0.148 e. The van der Waals surface area contributed by atoms with E-state index in [1.807, 2.05) is 13.1 Å². The molecule has 0 aromatic carbocycles. The van der Waals surface area contributed by atoms with Gasteiger partial charge in [-0.15, -0.1) is 11.3 Å². The lowest BCUT2D eigenvalue weighted by Gasteiger charge is -2.19. The summed E-state index contributed by atoms with van der Waals surface area (Å²) < 4.78 is 1.19. The second-order valence-corrected chi connectivity index (χ2v) is 7.58. The number of nitrogens with zero attached hydrogens (tertiary/aromatic N) is 3.